The van der Waals surface area contributed by atoms with E-state index < -0.39 is 6.04 Å². The molecule has 0 radical (unpaired) electrons. The first kappa shape index (κ1) is 24.8. The van der Waals surface area contributed by atoms with Crippen molar-refractivity contribution in [2.45, 2.75) is 52.0 Å². The monoisotopic (exact) mass is 442 g/mol. The molecule has 0 bridgehead atoms. The highest BCUT2D eigenvalue weighted by Crippen LogP contribution is 2.20. The van der Waals surface area contributed by atoms with Gasteiger partial charge in [0, 0.05) is 18.8 Å². The number of carbonyl (C=O) groups is 2. The summed E-state index contributed by atoms with van der Waals surface area (Å²) in [4.78, 5) is 27.8. The van der Waals surface area contributed by atoms with Gasteiger partial charge in [0.1, 0.15) is 11.8 Å². The zero-order valence-corrected chi connectivity index (χ0v) is 19.8. The lowest BCUT2D eigenvalue weighted by Gasteiger charge is -2.31. The highest BCUT2D eigenvalue weighted by molar-refractivity contribution is 7.99. The Hall–Kier alpha value is -2.47. The minimum Gasteiger partial charge on any atom is -0.497 e. The molecule has 2 rings (SSSR count). The summed E-state index contributed by atoms with van der Waals surface area (Å²) in [6, 6.07) is 15.4. The van der Waals surface area contributed by atoms with Crippen LogP contribution in [0.3, 0.4) is 0 Å². The van der Waals surface area contributed by atoms with E-state index in [1.54, 1.807) is 23.8 Å². The lowest BCUT2D eigenvalue weighted by Crippen LogP contribution is -2.49. The van der Waals surface area contributed by atoms with Crippen LogP contribution in [0.4, 0.5) is 0 Å². The summed E-state index contributed by atoms with van der Waals surface area (Å²) in [5, 5.41) is 2.96. The maximum absolute atomic E-state index is 13.2. The van der Waals surface area contributed by atoms with E-state index in [2.05, 4.69) is 5.32 Å². The van der Waals surface area contributed by atoms with E-state index in [0.717, 1.165) is 34.6 Å². The number of nitrogens with one attached hydrogen (secondary N) is 1. The molecular weight excluding hydrogens is 408 g/mol. The van der Waals surface area contributed by atoms with Gasteiger partial charge in [-0.25, -0.2) is 0 Å². The molecule has 168 valence electrons. The molecule has 2 aromatic rings. The van der Waals surface area contributed by atoms with Crippen molar-refractivity contribution in [2.24, 2.45) is 0 Å². The van der Waals surface area contributed by atoms with Crippen molar-refractivity contribution >= 4 is 23.6 Å². The van der Waals surface area contributed by atoms with Crippen LogP contribution in [0, 0.1) is 6.92 Å². The highest BCUT2D eigenvalue weighted by atomic mass is 32.2. The van der Waals surface area contributed by atoms with Gasteiger partial charge in [-0.1, -0.05) is 50.2 Å². The molecule has 0 fully saturated rings. The van der Waals surface area contributed by atoms with Gasteiger partial charge in [-0.05, 0) is 48.6 Å². The van der Waals surface area contributed by atoms with Gasteiger partial charge in [-0.15, -0.1) is 11.8 Å². The van der Waals surface area contributed by atoms with E-state index in [4.69, 9.17) is 4.74 Å². The van der Waals surface area contributed by atoms with Gasteiger partial charge in [-0.2, -0.15) is 0 Å². The maximum atomic E-state index is 13.2. The number of thioether (sulfide) groups is 1. The number of hydrogen-bond donors (Lipinski definition) is 1. The maximum Gasteiger partial charge on any atom is 0.242 e. The fourth-order valence-corrected chi connectivity index (χ4v) is 4.19. The molecule has 1 N–H and O–H groups in total. The van der Waals surface area contributed by atoms with E-state index in [-0.39, 0.29) is 11.8 Å². The van der Waals surface area contributed by atoms with Crippen LogP contribution in [-0.2, 0) is 21.9 Å². The number of aryl methyl sites for hydroxylation is 1. The highest BCUT2D eigenvalue weighted by Gasteiger charge is 2.28. The van der Waals surface area contributed by atoms with Crippen LogP contribution in [0.2, 0.25) is 0 Å². The Bertz CT molecular complexity index is 839. The van der Waals surface area contributed by atoms with Crippen LogP contribution < -0.4 is 10.1 Å². The molecule has 1 unspecified atom stereocenters. The molecule has 2 aromatic carbocycles. The second kappa shape index (κ2) is 13.1. The molecule has 5 nitrogen and oxygen atoms in total. The average molecular weight is 443 g/mol. The Labute approximate surface area is 190 Å². The molecule has 0 saturated carbocycles. The van der Waals surface area contributed by atoms with Crippen LogP contribution in [0.15, 0.2) is 48.5 Å². The number of rotatable bonds is 12. The molecule has 1 atom stereocenters. The molecule has 0 aliphatic rings. The number of nitrogens with zero attached hydrogens (tertiary/aromatic N) is 1. The third kappa shape index (κ3) is 7.62. The van der Waals surface area contributed by atoms with Gasteiger partial charge in [0.05, 0.1) is 12.9 Å². The first-order chi connectivity index (χ1) is 15.0. The van der Waals surface area contributed by atoms with Crippen LogP contribution in [-0.4, -0.2) is 42.2 Å². The molecule has 2 amide bonds. The van der Waals surface area contributed by atoms with Gasteiger partial charge < -0.3 is 15.0 Å². The Morgan fingerprint density at radius 2 is 1.81 bits per heavy atom. The fourth-order valence-electron chi connectivity index (χ4n) is 3.32. The largest absolute Gasteiger partial charge is 0.497 e. The Kier molecular flexibility index (Phi) is 10.4. The van der Waals surface area contributed by atoms with Crippen molar-refractivity contribution in [2.75, 3.05) is 19.4 Å². The number of ether oxygens (including phenoxy) is 1. The van der Waals surface area contributed by atoms with Gasteiger partial charge in [0.15, 0.2) is 0 Å². The van der Waals surface area contributed by atoms with Crippen LogP contribution in [0.5, 0.6) is 5.75 Å². The number of benzene rings is 2. The lowest BCUT2D eigenvalue weighted by atomic mass is 10.1. The summed E-state index contributed by atoms with van der Waals surface area (Å²) in [7, 11) is 1.65. The first-order valence-electron chi connectivity index (χ1n) is 10.8. The van der Waals surface area contributed by atoms with Crippen molar-refractivity contribution in [1.82, 2.24) is 10.2 Å². The van der Waals surface area contributed by atoms with E-state index in [9.17, 15) is 9.59 Å². The van der Waals surface area contributed by atoms with Crippen LogP contribution in [0.25, 0.3) is 0 Å². The van der Waals surface area contributed by atoms with E-state index in [1.807, 2.05) is 69.3 Å². The van der Waals surface area contributed by atoms with Crippen molar-refractivity contribution in [1.29, 1.82) is 0 Å². The minimum absolute atomic E-state index is 0.0136. The Balaban J connectivity index is 2.10. The standard InChI is InChI=1S/C25H34N2O3S/c1-5-15-26-25(29)23(6-2)27(16-21-10-8-7-9-19(21)3)24(28)18-31-17-20-11-13-22(30-4)14-12-20/h7-14,23H,5-6,15-18H2,1-4H3,(H,26,29). The number of amides is 2. The van der Waals surface area contributed by atoms with E-state index >= 15 is 0 Å². The van der Waals surface area contributed by atoms with Crippen LogP contribution >= 0.6 is 11.8 Å². The zero-order chi connectivity index (χ0) is 22.6. The summed E-state index contributed by atoms with van der Waals surface area (Å²) < 4.78 is 5.19. The van der Waals surface area contributed by atoms with Crippen molar-refractivity contribution in [3.63, 3.8) is 0 Å². The first-order valence-corrected chi connectivity index (χ1v) is 12.0. The van der Waals surface area contributed by atoms with Crippen molar-refractivity contribution in [3.8, 4) is 5.75 Å². The average Bonchev–Trinajstić information content (AvgIpc) is 2.79. The molecule has 0 saturated heterocycles. The molecule has 0 heterocycles. The summed E-state index contributed by atoms with van der Waals surface area (Å²) in [6.07, 6.45) is 1.45. The second-order valence-electron chi connectivity index (χ2n) is 7.50. The lowest BCUT2D eigenvalue weighted by molar-refractivity contribution is -0.139. The second-order valence-corrected chi connectivity index (χ2v) is 8.49. The molecular formula is C25H34N2O3S. The van der Waals surface area contributed by atoms with Crippen LogP contribution in [0.1, 0.15) is 43.4 Å². The van der Waals surface area contributed by atoms with Gasteiger partial charge in [-0.3, -0.25) is 9.59 Å². The molecule has 31 heavy (non-hydrogen) atoms. The molecule has 0 aliphatic carbocycles. The predicted molar refractivity (Wildman–Crippen MR) is 128 cm³/mol. The van der Waals surface area contributed by atoms with Crippen molar-refractivity contribution < 1.29 is 14.3 Å². The van der Waals surface area contributed by atoms with E-state index in [1.165, 1.54) is 0 Å². The Morgan fingerprint density at radius 3 is 2.42 bits per heavy atom. The molecule has 0 aliphatic heterocycles. The molecule has 0 spiro atoms. The topological polar surface area (TPSA) is 58.6 Å². The fraction of sp³-hybridized carbons (Fsp3) is 0.440. The summed E-state index contributed by atoms with van der Waals surface area (Å²) in [5.41, 5.74) is 3.32. The minimum atomic E-state index is -0.472. The van der Waals surface area contributed by atoms with Gasteiger partial charge in [0.2, 0.25) is 11.8 Å². The summed E-state index contributed by atoms with van der Waals surface area (Å²) >= 11 is 1.56. The summed E-state index contributed by atoms with van der Waals surface area (Å²) in [6.45, 7) is 7.07. The third-order valence-corrected chi connectivity index (χ3v) is 6.18. The van der Waals surface area contributed by atoms with Gasteiger partial charge in [0.25, 0.3) is 0 Å². The quantitative estimate of drug-likeness (QED) is 0.523. The molecule has 6 heteroatoms. The normalized spacial score (nSPS) is 11.6. The van der Waals surface area contributed by atoms with E-state index in [0.29, 0.717) is 25.3 Å². The number of carbonyl (C=O) groups excluding carboxylic acids is 2. The third-order valence-electron chi connectivity index (χ3n) is 5.19. The predicted octanol–water partition coefficient (Wildman–Crippen LogP) is 4.57. The smallest absolute Gasteiger partial charge is 0.242 e. The SMILES string of the molecule is CCCNC(=O)C(CC)N(Cc1ccccc1C)C(=O)CSCc1ccc(OC)cc1. The Morgan fingerprint density at radius 1 is 1.10 bits per heavy atom. The van der Waals surface area contributed by atoms with Crippen molar-refractivity contribution in [3.05, 3.63) is 65.2 Å². The van der Waals surface area contributed by atoms with Gasteiger partial charge >= 0.3 is 0 Å². The number of hydrogen-bond acceptors (Lipinski definition) is 4. The zero-order valence-electron chi connectivity index (χ0n) is 19.0. The number of methoxy groups -OCH3 is 1. The summed E-state index contributed by atoms with van der Waals surface area (Å²) in [5.74, 6) is 1.78. The molecule has 0 aromatic heterocycles.